The van der Waals surface area contributed by atoms with Crippen LogP contribution in [0.5, 0.6) is 0 Å². The Kier molecular flexibility index (Phi) is 4.24. The van der Waals surface area contributed by atoms with Gasteiger partial charge < -0.3 is 4.52 Å². The van der Waals surface area contributed by atoms with Crippen molar-refractivity contribution in [1.82, 2.24) is 10.1 Å². The third-order valence-electron chi connectivity index (χ3n) is 3.36. The highest BCUT2D eigenvalue weighted by atomic mass is 16.5. The molecular weight excluding hydrogens is 242 g/mol. The Hall–Kier alpha value is -1.36. The molecule has 2 heterocycles. The maximum absolute atomic E-state index is 11.9. The van der Waals surface area contributed by atoms with E-state index < -0.39 is 0 Å². The van der Waals surface area contributed by atoms with Gasteiger partial charge in [-0.05, 0) is 25.9 Å². The molecule has 1 aliphatic heterocycles. The fourth-order valence-corrected chi connectivity index (χ4v) is 2.19. The van der Waals surface area contributed by atoms with E-state index in [9.17, 15) is 4.79 Å². The van der Waals surface area contributed by atoms with E-state index in [4.69, 9.17) is 4.52 Å². The predicted octanol–water partition coefficient (Wildman–Crippen LogP) is 2.40. The van der Waals surface area contributed by atoms with Crippen molar-refractivity contribution < 1.29 is 9.32 Å². The van der Waals surface area contributed by atoms with Gasteiger partial charge in [-0.2, -0.15) is 0 Å². The minimum absolute atomic E-state index is 0.0292. The molecule has 0 radical (unpaired) electrons. The number of amides is 1. The van der Waals surface area contributed by atoms with Crippen molar-refractivity contribution in [2.24, 2.45) is 0 Å². The quantitative estimate of drug-likeness (QED) is 0.911. The summed E-state index contributed by atoms with van der Waals surface area (Å²) in [6, 6.07) is 1.80. The molecule has 1 aromatic heterocycles. The number of carbonyl (C=O) groups is 1. The maximum Gasteiger partial charge on any atom is 0.240 e. The van der Waals surface area contributed by atoms with Gasteiger partial charge in [0.1, 0.15) is 0 Å². The Balaban J connectivity index is 1.86. The largest absolute Gasteiger partial charge is 0.338 e. The number of likely N-dealkylation sites (tertiary alicyclic amines) is 1. The van der Waals surface area contributed by atoms with Gasteiger partial charge in [-0.25, -0.2) is 0 Å². The Bertz CT molecular complexity index is 428. The molecule has 1 fully saturated rings. The van der Waals surface area contributed by atoms with Gasteiger partial charge in [0, 0.05) is 11.5 Å². The second-order valence-electron chi connectivity index (χ2n) is 6.21. The highest BCUT2D eigenvalue weighted by Gasteiger charge is 2.20. The minimum atomic E-state index is -0.0701. The molecule has 19 heavy (non-hydrogen) atoms. The molecule has 0 spiro atoms. The SMILES string of the molecule is CC(C)(C)c1cc(NC(=O)CN2CCCCC2)on1. The van der Waals surface area contributed by atoms with Crippen LogP contribution in [-0.2, 0) is 10.2 Å². The Labute approximate surface area is 114 Å². The number of hydrogen-bond donors (Lipinski definition) is 1. The van der Waals surface area contributed by atoms with Gasteiger partial charge in [0.05, 0.1) is 12.2 Å². The van der Waals surface area contributed by atoms with E-state index in [-0.39, 0.29) is 11.3 Å². The van der Waals surface area contributed by atoms with Gasteiger partial charge in [0.2, 0.25) is 11.8 Å². The molecular formula is C14H23N3O2. The van der Waals surface area contributed by atoms with Crippen LogP contribution in [0.1, 0.15) is 45.7 Å². The number of piperidine rings is 1. The van der Waals surface area contributed by atoms with Crippen LogP contribution < -0.4 is 5.32 Å². The molecule has 1 aliphatic rings. The van der Waals surface area contributed by atoms with E-state index in [1.54, 1.807) is 6.07 Å². The van der Waals surface area contributed by atoms with Crippen molar-refractivity contribution in [1.29, 1.82) is 0 Å². The number of hydrogen-bond acceptors (Lipinski definition) is 4. The normalized spacial score (nSPS) is 17.4. The van der Waals surface area contributed by atoms with Crippen LogP contribution >= 0.6 is 0 Å². The van der Waals surface area contributed by atoms with E-state index in [1.165, 1.54) is 19.3 Å². The second kappa shape index (κ2) is 5.74. The first-order valence-electron chi connectivity index (χ1n) is 6.94. The van der Waals surface area contributed by atoms with Crippen molar-refractivity contribution in [2.45, 2.75) is 45.4 Å². The van der Waals surface area contributed by atoms with E-state index in [0.29, 0.717) is 12.4 Å². The number of carbonyl (C=O) groups excluding carboxylic acids is 1. The van der Waals surface area contributed by atoms with Gasteiger partial charge in [-0.1, -0.05) is 32.3 Å². The second-order valence-corrected chi connectivity index (χ2v) is 6.21. The lowest BCUT2D eigenvalue weighted by atomic mass is 9.92. The smallest absolute Gasteiger partial charge is 0.240 e. The van der Waals surface area contributed by atoms with E-state index in [1.807, 2.05) is 0 Å². The average Bonchev–Trinajstić information content (AvgIpc) is 2.78. The van der Waals surface area contributed by atoms with Gasteiger partial charge in [-0.3, -0.25) is 15.0 Å². The van der Waals surface area contributed by atoms with Crippen LogP contribution in [0.4, 0.5) is 5.88 Å². The standard InChI is InChI=1S/C14H23N3O2/c1-14(2,3)11-9-13(19-16-11)15-12(18)10-17-7-5-4-6-8-17/h9H,4-8,10H2,1-3H3,(H,15,18). The number of rotatable bonds is 3. The van der Waals surface area contributed by atoms with Crippen LogP contribution in [0.2, 0.25) is 0 Å². The zero-order chi connectivity index (χ0) is 13.9. The number of anilines is 1. The van der Waals surface area contributed by atoms with Crippen molar-refractivity contribution in [3.63, 3.8) is 0 Å². The summed E-state index contributed by atoms with van der Waals surface area (Å²) in [4.78, 5) is 14.1. The summed E-state index contributed by atoms with van der Waals surface area (Å²) in [5, 5.41) is 6.76. The van der Waals surface area contributed by atoms with Gasteiger partial charge in [0.15, 0.2) is 0 Å². The van der Waals surface area contributed by atoms with Crippen LogP contribution in [0.3, 0.4) is 0 Å². The van der Waals surface area contributed by atoms with E-state index in [0.717, 1.165) is 18.8 Å². The van der Waals surface area contributed by atoms with Crippen LogP contribution in [0.15, 0.2) is 10.6 Å². The third kappa shape index (κ3) is 4.06. The topological polar surface area (TPSA) is 58.4 Å². The Morgan fingerprint density at radius 3 is 2.63 bits per heavy atom. The molecule has 1 N–H and O–H groups in total. The van der Waals surface area contributed by atoms with Crippen molar-refractivity contribution in [3.05, 3.63) is 11.8 Å². The zero-order valence-corrected chi connectivity index (χ0v) is 12.0. The highest BCUT2D eigenvalue weighted by molar-refractivity contribution is 5.91. The summed E-state index contributed by atoms with van der Waals surface area (Å²) < 4.78 is 5.15. The molecule has 0 unspecified atom stereocenters. The fourth-order valence-electron chi connectivity index (χ4n) is 2.19. The molecule has 106 valence electrons. The lowest BCUT2D eigenvalue weighted by Crippen LogP contribution is -2.36. The number of aromatic nitrogens is 1. The van der Waals surface area contributed by atoms with Crippen molar-refractivity contribution in [2.75, 3.05) is 25.0 Å². The molecule has 0 bridgehead atoms. The molecule has 1 aromatic rings. The lowest BCUT2D eigenvalue weighted by molar-refractivity contribution is -0.117. The van der Waals surface area contributed by atoms with Gasteiger partial charge in [-0.15, -0.1) is 0 Å². The molecule has 0 atom stereocenters. The monoisotopic (exact) mass is 265 g/mol. The minimum Gasteiger partial charge on any atom is -0.338 e. The summed E-state index contributed by atoms with van der Waals surface area (Å²) >= 11 is 0. The Morgan fingerprint density at radius 1 is 1.37 bits per heavy atom. The zero-order valence-electron chi connectivity index (χ0n) is 12.0. The van der Waals surface area contributed by atoms with Crippen molar-refractivity contribution in [3.8, 4) is 0 Å². The molecule has 1 saturated heterocycles. The van der Waals surface area contributed by atoms with Crippen LogP contribution in [-0.4, -0.2) is 35.6 Å². The third-order valence-corrected chi connectivity index (χ3v) is 3.36. The number of nitrogens with one attached hydrogen (secondary N) is 1. The molecule has 0 aliphatic carbocycles. The number of nitrogens with zero attached hydrogens (tertiary/aromatic N) is 2. The van der Waals surface area contributed by atoms with E-state index in [2.05, 4.69) is 36.1 Å². The van der Waals surface area contributed by atoms with Crippen molar-refractivity contribution >= 4 is 11.8 Å². The summed E-state index contributed by atoms with van der Waals surface area (Å²) in [6.45, 7) is 8.64. The summed E-state index contributed by atoms with van der Waals surface area (Å²) in [7, 11) is 0. The molecule has 1 amide bonds. The molecule has 5 heteroatoms. The lowest BCUT2D eigenvalue weighted by Gasteiger charge is -2.25. The van der Waals surface area contributed by atoms with E-state index >= 15 is 0 Å². The summed E-state index contributed by atoms with van der Waals surface area (Å²) in [6.07, 6.45) is 3.64. The molecule has 0 aromatic carbocycles. The molecule has 2 rings (SSSR count). The first kappa shape index (κ1) is 14.1. The van der Waals surface area contributed by atoms with Crippen LogP contribution in [0, 0.1) is 0 Å². The van der Waals surface area contributed by atoms with Gasteiger partial charge in [0.25, 0.3) is 0 Å². The fraction of sp³-hybridized carbons (Fsp3) is 0.714. The highest BCUT2D eigenvalue weighted by Crippen LogP contribution is 2.23. The summed E-state index contributed by atoms with van der Waals surface area (Å²) in [5.74, 6) is 0.408. The first-order chi connectivity index (χ1) is 8.95. The molecule has 5 nitrogen and oxygen atoms in total. The molecule has 0 saturated carbocycles. The van der Waals surface area contributed by atoms with Crippen LogP contribution in [0.25, 0.3) is 0 Å². The average molecular weight is 265 g/mol. The maximum atomic E-state index is 11.9. The predicted molar refractivity (Wildman–Crippen MR) is 74.1 cm³/mol. The first-order valence-corrected chi connectivity index (χ1v) is 6.94. The Morgan fingerprint density at radius 2 is 2.05 bits per heavy atom. The van der Waals surface area contributed by atoms with Gasteiger partial charge >= 0.3 is 0 Å². The summed E-state index contributed by atoms with van der Waals surface area (Å²) in [5.41, 5.74) is 0.778.